The van der Waals surface area contributed by atoms with E-state index in [1.54, 1.807) is 6.20 Å². The zero-order valence-electron chi connectivity index (χ0n) is 14.4. The number of carbonyl (C=O) groups excluding carboxylic acids is 1. The molecule has 26 heavy (non-hydrogen) atoms. The molecule has 1 heterocycles. The molecule has 0 unspecified atom stereocenters. The van der Waals surface area contributed by atoms with Gasteiger partial charge in [0.25, 0.3) is 5.91 Å². The maximum atomic E-state index is 12.0. The number of amides is 1. The Morgan fingerprint density at radius 2 is 1.96 bits per heavy atom. The van der Waals surface area contributed by atoms with Gasteiger partial charge in [0.05, 0.1) is 12.7 Å². The zero-order valence-corrected chi connectivity index (χ0v) is 14.4. The molecule has 1 amide bonds. The third kappa shape index (κ3) is 3.77. The minimum atomic E-state index is -0.204. The summed E-state index contributed by atoms with van der Waals surface area (Å²) in [6, 6.07) is 15.8. The number of hydrogen-bond donors (Lipinski definition) is 1. The number of aromatic nitrogens is 1. The first-order chi connectivity index (χ1) is 12.8. The van der Waals surface area contributed by atoms with Gasteiger partial charge in [0, 0.05) is 5.56 Å². The summed E-state index contributed by atoms with van der Waals surface area (Å²) in [5, 5.41) is 2.77. The van der Waals surface area contributed by atoms with Gasteiger partial charge in [-0.2, -0.15) is 0 Å². The molecular weight excluding hydrogens is 328 g/mol. The molecule has 0 atom stereocenters. The predicted molar refractivity (Wildman–Crippen MR) is 97.7 cm³/mol. The lowest BCUT2D eigenvalue weighted by Gasteiger charge is -2.08. The summed E-state index contributed by atoms with van der Waals surface area (Å²) in [5.74, 6) is 1.69. The Hall–Kier alpha value is -3.08. The molecular formula is C21H20N2O3. The Kier molecular flexibility index (Phi) is 4.69. The fraction of sp³-hybridized carbons (Fsp3) is 0.238. The van der Waals surface area contributed by atoms with Crippen molar-refractivity contribution >= 4 is 5.91 Å². The van der Waals surface area contributed by atoms with Crippen LogP contribution in [-0.4, -0.2) is 17.5 Å². The second kappa shape index (κ2) is 7.44. The Morgan fingerprint density at radius 3 is 2.85 bits per heavy atom. The molecule has 5 nitrogen and oxygen atoms in total. The predicted octanol–water partition coefficient (Wildman–Crippen LogP) is 3.53. The third-order valence-corrected chi connectivity index (χ3v) is 4.49. The van der Waals surface area contributed by atoms with Crippen LogP contribution in [0.25, 0.3) is 11.3 Å². The van der Waals surface area contributed by atoms with Crippen LogP contribution >= 0.6 is 0 Å². The van der Waals surface area contributed by atoms with Crippen LogP contribution in [0, 0.1) is 0 Å². The molecule has 0 saturated heterocycles. The Morgan fingerprint density at radius 1 is 1.12 bits per heavy atom. The highest BCUT2D eigenvalue weighted by Gasteiger charge is 2.12. The number of hydrogen-bond acceptors (Lipinski definition) is 4. The molecule has 5 heteroatoms. The summed E-state index contributed by atoms with van der Waals surface area (Å²) >= 11 is 0. The number of carbonyl (C=O) groups is 1. The Labute approximate surface area is 152 Å². The molecule has 0 radical (unpaired) electrons. The zero-order chi connectivity index (χ0) is 17.8. The average Bonchev–Trinajstić information content (AvgIpc) is 3.34. The molecule has 4 rings (SSSR count). The second-order valence-electron chi connectivity index (χ2n) is 6.33. The molecule has 0 fully saturated rings. The molecule has 0 bridgehead atoms. The molecule has 0 aliphatic heterocycles. The summed E-state index contributed by atoms with van der Waals surface area (Å²) in [6.45, 7) is 0.213. The Bertz CT molecular complexity index is 903. The standard InChI is InChI=1S/C21H20N2O3/c24-20(14-25-18-10-9-15-7-4-8-17(15)11-18)22-13-21-23-12-19(26-21)16-5-2-1-3-6-16/h1-3,5-6,9-12H,4,7-8,13-14H2,(H,22,24). The van der Waals surface area contributed by atoms with E-state index in [-0.39, 0.29) is 19.1 Å². The second-order valence-corrected chi connectivity index (χ2v) is 6.33. The molecule has 0 spiro atoms. The first kappa shape index (κ1) is 16.4. The van der Waals surface area contributed by atoms with E-state index in [1.165, 1.54) is 17.5 Å². The number of rotatable bonds is 6. The lowest BCUT2D eigenvalue weighted by Crippen LogP contribution is -2.28. The highest BCUT2D eigenvalue weighted by molar-refractivity contribution is 5.77. The minimum absolute atomic E-state index is 0.0228. The molecule has 1 aliphatic carbocycles. The van der Waals surface area contributed by atoms with Crippen LogP contribution in [0.3, 0.4) is 0 Å². The number of aryl methyl sites for hydroxylation is 2. The third-order valence-electron chi connectivity index (χ3n) is 4.49. The molecule has 0 saturated carbocycles. The van der Waals surface area contributed by atoms with Crippen molar-refractivity contribution in [3.05, 3.63) is 71.7 Å². The van der Waals surface area contributed by atoms with E-state index in [0.717, 1.165) is 24.2 Å². The van der Waals surface area contributed by atoms with Gasteiger partial charge in [0.2, 0.25) is 5.89 Å². The lowest BCUT2D eigenvalue weighted by molar-refractivity contribution is -0.123. The van der Waals surface area contributed by atoms with Crippen molar-refractivity contribution < 1.29 is 13.9 Å². The van der Waals surface area contributed by atoms with Gasteiger partial charge in [-0.25, -0.2) is 4.98 Å². The van der Waals surface area contributed by atoms with Crippen LogP contribution in [0.15, 0.2) is 59.1 Å². The number of nitrogens with one attached hydrogen (secondary N) is 1. The van der Waals surface area contributed by atoms with Gasteiger partial charge >= 0.3 is 0 Å². The fourth-order valence-corrected chi connectivity index (χ4v) is 3.14. The monoisotopic (exact) mass is 348 g/mol. The first-order valence-corrected chi connectivity index (χ1v) is 8.79. The number of oxazole rings is 1. The minimum Gasteiger partial charge on any atom is -0.484 e. The highest BCUT2D eigenvalue weighted by Crippen LogP contribution is 2.26. The summed E-state index contributed by atoms with van der Waals surface area (Å²) in [5.41, 5.74) is 3.67. The largest absolute Gasteiger partial charge is 0.484 e. The van der Waals surface area contributed by atoms with Crippen LogP contribution in [0.4, 0.5) is 0 Å². The molecule has 2 aromatic carbocycles. The SMILES string of the molecule is O=C(COc1ccc2c(c1)CCC2)NCc1ncc(-c2ccccc2)o1. The van der Waals surface area contributed by atoms with Crippen molar-refractivity contribution in [3.63, 3.8) is 0 Å². The quantitative estimate of drug-likeness (QED) is 0.740. The normalized spacial score (nSPS) is 12.6. The highest BCUT2D eigenvalue weighted by atomic mass is 16.5. The summed E-state index contributed by atoms with van der Waals surface area (Å²) in [6.07, 6.45) is 5.09. The van der Waals surface area contributed by atoms with E-state index >= 15 is 0 Å². The van der Waals surface area contributed by atoms with Crippen LogP contribution in [0.1, 0.15) is 23.4 Å². The van der Waals surface area contributed by atoms with E-state index in [2.05, 4.69) is 16.4 Å². The van der Waals surface area contributed by atoms with Gasteiger partial charge < -0.3 is 14.5 Å². The number of ether oxygens (including phenoxy) is 1. The summed E-state index contributed by atoms with van der Waals surface area (Å²) in [7, 11) is 0. The van der Waals surface area contributed by atoms with E-state index < -0.39 is 0 Å². The van der Waals surface area contributed by atoms with Crippen molar-refractivity contribution in [2.75, 3.05) is 6.61 Å². The topological polar surface area (TPSA) is 64.4 Å². The van der Waals surface area contributed by atoms with E-state index in [9.17, 15) is 4.79 Å². The van der Waals surface area contributed by atoms with Crippen molar-refractivity contribution in [2.45, 2.75) is 25.8 Å². The summed E-state index contributed by atoms with van der Waals surface area (Å²) in [4.78, 5) is 16.2. The molecule has 3 aromatic rings. The molecule has 1 aromatic heterocycles. The van der Waals surface area contributed by atoms with Gasteiger partial charge in [0.15, 0.2) is 12.4 Å². The fourth-order valence-electron chi connectivity index (χ4n) is 3.14. The van der Waals surface area contributed by atoms with Crippen molar-refractivity contribution in [1.29, 1.82) is 0 Å². The smallest absolute Gasteiger partial charge is 0.258 e. The Balaban J connectivity index is 1.27. The molecule has 132 valence electrons. The lowest BCUT2D eigenvalue weighted by atomic mass is 10.1. The molecule has 1 aliphatic rings. The van der Waals surface area contributed by atoms with E-state index in [1.807, 2.05) is 42.5 Å². The van der Waals surface area contributed by atoms with Gasteiger partial charge in [0.1, 0.15) is 5.75 Å². The van der Waals surface area contributed by atoms with Crippen molar-refractivity contribution in [3.8, 4) is 17.1 Å². The van der Waals surface area contributed by atoms with Crippen LogP contribution in [0.5, 0.6) is 5.75 Å². The van der Waals surface area contributed by atoms with E-state index in [0.29, 0.717) is 11.7 Å². The van der Waals surface area contributed by atoms with Crippen LogP contribution in [0.2, 0.25) is 0 Å². The number of benzene rings is 2. The van der Waals surface area contributed by atoms with Gasteiger partial charge in [-0.15, -0.1) is 0 Å². The van der Waals surface area contributed by atoms with Gasteiger partial charge in [-0.3, -0.25) is 4.79 Å². The van der Waals surface area contributed by atoms with Crippen molar-refractivity contribution in [1.82, 2.24) is 10.3 Å². The number of fused-ring (bicyclic) bond motifs is 1. The summed E-state index contributed by atoms with van der Waals surface area (Å²) < 4.78 is 11.3. The number of nitrogens with zero attached hydrogens (tertiary/aromatic N) is 1. The molecule has 1 N–H and O–H groups in total. The van der Waals surface area contributed by atoms with Crippen LogP contribution < -0.4 is 10.1 Å². The maximum absolute atomic E-state index is 12.0. The van der Waals surface area contributed by atoms with E-state index in [4.69, 9.17) is 9.15 Å². The first-order valence-electron chi connectivity index (χ1n) is 8.79. The van der Waals surface area contributed by atoms with Gasteiger partial charge in [-0.05, 0) is 42.5 Å². The van der Waals surface area contributed by atoms with Crippen molar-refractivity contribution in [2.24, 2.45) is 0 Å². The average molecular weight is 348 g/mol. The van der Waals surface area contributed by atoms with Gasteiger partial charge in [-0.1, -0.05) is 36.4 Å². The maximum Gasteiger partial charge on any atom is 0.258 e. The van der Waals surface area contributed by atoms with Crippen LogP contribution in [-0.2, 0) is 24.2 Å².